The van der Waals surface area contributed by atoms with E-state index in [4.69, 9.17) is 5.14 Å². The quantitative estimate of drug-likeness (QED) is 0.888. The van der Waals surface area contributed by atoms with Crippen molar-refractivity contribution in [1.29, 1.82) is 0 Å². The maximum atomic E-state index is 11.5. The van der Waals surface area contributed by atoms with Crippen LogP contribution in [0.2, 0.25) is 0 Å². The molecule has 2 aromatic rings. The van der Waals surface area contributed by atoms with Crippen LogP contribution in [-0.4, -0.2) is 28.2 Å². The Morgan fingerprint density at radius 1 is 1.32 bits per heavy atom. The number of nitrogens with two attached hydrogens (primary N) is 1. The van der Waals surface area contributed by atoms with Gasteiger partial charge in [0.2, 0.25) is 0 Å². The number of hydrogen-bond donors (Lipinski definition) is 1. The standard InChI is InChI=1S/C11H15N5O2S/c1-3-7-16-10(9-6-4-5-8(2)13-9)14-15-11(16)19(12,17)18/h4-6H,3,7H2,1-2H3,(H2,12,17,18). The third-order valence-corrected chi connectivity index (χ3v) is 3.35. The maximum absolute atomic E-state index is 11.5. The lowest BCUT2D eigenvalue weighted by Gasteiger charge is -2.07. The molecular weight excluding hydrogens is 266 g/mol. The Kier molecular flexibility index (Phi) is 3.63. The molecule has 0 amide bonds. The summed E-state index contributed by atoms with van der Waals surface area (Å²) in [7, 11) is -3.89. The van der Waals surface area contributed by atoms with Crippen LogP contribution in [0.1, 0.15) is 19.0 Å². The smallest absolute Gasteiger partial charge is 0.273 e. The molecule has 0 atom stereocenters. The van der Waals surface area contributed by atoms with Crippen LogP contribution in [0.15, 0.2) is 23.4 Å². The highest BCUT2D eigenvalue weighted by Crippen LogP contribution is 2.18. The van der Waals surface area contributed by atoms with E-state index >= 15 is 0 Å². The van der Waals surface area contributed by atoms with Gasteiger partial charge in [-0.25, -0.2) is 18.5 Å². The first-order valence-electron chi connectivity index (χ1n) is 5.83. The van der Waals surface area contributed by atoms with E-state index in [1.165, 1.54) is 4.57 Å². The van der Waals surface area contributed by atoms with Crippen molar-refractivity contribution >= 4 is 10.0 Å². The van der Waals surface area contributed by atoms with E-state index in [0.29, 0.717) is 18.1 Å². The lowest BCUT2D eigenvalue weighted by molar-refractivity contribution is 0.559. The van der Waals surface area contributed by atoms with Gasteiger partial charge < -0.3 is 0 Å². The van der Waals surface area contributed by atoms with Crippen molar-refractivity contribution in [2.75, 3.05) is 0 Å². The molecule has 0 radical (unpaired) electrons. The molecule has 0 saturated carbocycles. The molecule has 8 heteroatoms. The van der Waals surface area contributed by atoms with Crippen molar-refractivity contribution in [3.05, 3.63) is 23.9 Å². The molecule has 7 nitrogen and oxygen atoms in total. The monoisotopic (exact) mass is 281 g/mol. The van der Waals surface area contributed by atoms with Gasteiger partial charge in [-0.2, -0.15) is 0 Å². The molecule has 2 rings (SSSR count). The van der Waals surface area contributed by atoms with Crippen molar-refractivity contribution < 1.29 is 8.42 Å². The first-order chi connectivity index (χ1) is 8.93. The average molecular weight is 281 g/mol. The zero-order valence-corrected chi connectivity index (χ0v) is 11.6. The fourth-order valence-electron chi connectivity index (χ4n) is 1.78. The van der Waals surface area contributed by atoms with Gasteiger partial charge in [-0.15, -0.1) is 10.2 Å². The summed E-state index contributed by atoms with van der Waals surface area (Å²) in [5, 5.41) is 12.5. The van der Waals surface area contributed by atoms with Gasteiger partial charge in [0.15, 0.2) is 5.82 Å². The molecule has 102 valence electrons. The molecule has 0 unspecified atom stereocenters. The predicted molar refractivity (Wildman–Crippen MR) is 69.7 cm³/mol. The van der Waals surface area contributed by atoms with Crippen molar-refractivity contribution in [1.82, 2.24) is 19.7 Å². The summed E-state index contributed by atoms with van der Waals surface area (Å²) in [6, 6.07) is 5.44. The van der Waals surface area contributed by atoms with Gasteiger partial charge in [0.1, 0.15) is 5.69 Å². The van der Waals surface area contributed by atoms with Crippen LogP contribution in [-0.2, 0) is 16.6 Å². The summed E-state index contributed by atoms with van der Waals surface area (Å²) in [5.41, 5.74) is 1.40. The van der Waals surface area contributed by atoms with Crippen molar-refractivity contribution in [2.24, 2.45) is 5.14 Å². The summed E-state index contributed by atoms with van der Waals surface area (Å²) >= 11 is 0. The molecule has 2 aromatic heterocycles. The molecule has 0 spiro atoms. The number of primary sulfonamides is 1. The minimum absolute atomic E-state index is 0.229. The fraction of sp³-hybridized carbons (Fsp3) is 0.364. The number of sulfonamides is 1. The first kappa shape index (κ1) is 13.6. The fourth-order valence-corrected chi connectivity index (χ4v) is 2.42. The van der Waals surface area contributed by atoms with Crippen LogP contribution >= 0.6 is 0 Å². The normalized spacial score (nSPS) is 11.7. The highest BCUT2D eigenvalue weighted by Gasteiger charge is 2.22. The largest absolute Gasteiger partial charge is 0.295 e. The van der Waals surface area contributed by atoms with Crippen LogP contribution in [0, 0.1) is 6.92 Å². The first-order valence-corrected chi connectivity index (χ1v) is 7.38. The lowest BCUT2D eigenvalue weighted by Crippen LogP contribution is -2.19. The highest BCUT2D eigenvalue weighted by atomic mass is 32.2. The summed E-state index contributed by atoms with van der Waals surface area (Å²) in [6.07, 6.45) is 0.735. The third-order valence-electron chi connectivity index (χ3n) is 2.54. The molecule has 2 N–H and O–H groups in total. The Hall–Kier alpha value is -1.80. The second-order valence-corrected chi connectivity index (χ2v) is 5.62. The minimum Gasteiger partial charge on any atom is -0.295 e. The second kappa shape index (κ2) is 5.06. The van der Waals surface area contributed by atoms with Gasteiger partial charge in [0, 0.05) is 12.2 Å². The molecule has 0 aliphatic carbocycles. The van der Waals surface area contributed by atoms with Gasteiger partial charge in [-0.1, -0.05) is 13.0 Å². The Labute approximate surface area is 111 Å². The Morgan fingerprint density at radius 2 is 2.05 bits per heavy atom. The van der Waals surface area contributed by atoms with Gasteiger partial charge in [0.25, 0.3) is 15.2 Å². The molecule has 19 heavy (non-hydrogen) atoms. The molecule has 0 fully saturated rings. The number of pyridine rings is 1. The molecule has 0 bridgehead atoms. The average Bonchev–Trinajstić information content (AvgIpc) is 2.73. The molecular formula is C11H15N5O2S. The van der Waals surface area contributed by atoms with Gasteiger partial charge in [-0.05, 0) is 25.5 Å². The van der Waals surface area contributed by atoms with Crippen LogP contribution in [0.3, 0.4) is 0 Å². The zero-order valence-electron chi connectivity index (χ0n) is 10.7. The Bertz CT molecular complexity index is 693. The van der Waals surface area contributed by atoms with Crippen molar-refractivity contribution in [3.63, 3.8) is 0 Å². The minimum atomic E-state index is -3.89. The van der Waals surface area contributed by atoms with E-state index < -0.39 is 10.0 Å². The van der Waals surface area contributed by atoms with Gasteiger partial charge >= 0.3 is 0 Å². The number of rotatable bonds is 4. The van der Waals surface area contributed by atoms with E-state index in [0.717, 1.165) is 12.1 Å². The number of nitrogens with zero attached hydrogens (tertiary/aromatic N) is 4. The molecule has 0 aromatic carbocycles. The highest BCUT2D eigenvalue weighted by molar-refractivity contribution is 7.89. The summed E-state index contributed by atoms with van der Waals surface area (Å²) in [5.74, 6) is 0.412. The van der Waals surface area contributed by atoms with E-state index in [1.54, 1.807) is 6.07 Å². The molecule has 0 aliphatic heterocycles. The molecule has 2 heterocycles. The van der Waals surface area contributed by atoms with E-state index in [-0.39, 0.29) is 5.16 Å². The summed E-state index contributed by atoms with van der Waals surface area (Å²) < 4.78 is 24.4. The third kappa shape index (κ3) is 2.79. The van der Waals surface area contributed by atoms with Gasteiger partial charge in [-0.3, -0.25) is 4.57 Å². The van der Waals surface area contributed by atoms with E-state index in [9.17, 15) is 8.42 Å². The SMILES string of the molecule is CCCn1c(-c2cccc(C)n2)nnc1S(N)(=O)=O. The van der Waals surface area contributed by atoms with Crippen LogP contribution in [0.25, 0.3) is 11.5 Å². The number of aromatic nitrogens is 4. The number of aryl methyl sites for hydroxylation is 1. The van der Waals surface area contributed by atoms with Crippen molar-refractivity contribution in [2.45, 2.75) is 32.0 Å². The Balaban J connectivity index is 2.62. The van der Waals surface area contributed by atoms with E-state index in [1.807, 2.05) is 26.0 Å². The van der Waals surface area contributed by atoms with Crippen LogP contribution < -0.4 is 5.14 Å². The second-order valence-electron chi connectivity index (χ2n) is 4.17. The van der Waals surface area contributed by atoms with Crippen molar-refractivity contribution in [3.8, 4) is 11.5 Å². The van der Waals surface area contributed by atoms with Crippen LogP contribution in [0.4, 0.5) is 0 Å². The van der Waals surface area contributed by atoms with Gasteiger partial charge in [0.05, 0.1) is 0 Å². The maximum Gasteiger partial charge on any atom is 0.273 e. The topological polar surface area (TPSA) is 104 Å². The predicted octanol–water partition coefficient (Wildman–Crippen LogP) is 0.706. The summed E-state index contributed by atoms with van der Waals surface area (Å²) in [4.78, 5) is 4.32. The molecule has 0 aliphatic rings. The van der Waals surface area contributed by atoms with Crippen LogP contribution in [0.5, 0.6) is 0 Å². The Morgan fingerprint density at radius 3 is 2.63 bits per heavy atom. The zero-order chi connectivity index (χ0) is 14.0. The number of hydrogen-bond acceptors (Lipinski definition) is 5. The lowest BCUT2D eigenvalue weighted by atomic mass is 10.3. The molecule has 0 saturated heterocycles. The summed E-state index contributed by atoms with van der Waals surface area (Å²) in [6.45, 7) is 4.24. The van der Waals surface area contributed by atoms with E-state index in [2.05, 4.69) is 15.2 Å².